The fourth-order valence-electron chi connectivity index (χ4n) is 1.12. The molecule has 0 radical (unpaired) electrons. The topological polar surface area (TPSA) is 46.5 Å². The van der Waals surface area contributed by atoms with Crippen LogP contribution in [-0.4, -0.2) is 29.5 Å². The van der Waals surface area contributed by atoms with E-state index in [-0.39, 0.29) is 0 Å². The molecule has 0 spiro atoms. The largest absolute Gasteiger partial charge is 0.478 e. The lowest BCUT2D eigenvalue weighted by Gasteiger charge is -2.23. The summed E-state index contributed by atoms with van der Waals surface area (Å²) in [7, 11) is 0. The molecule has 1 aromatic carbocycles. The van der Waals surface area contributed by atoms with Crippen LogP contribution in [0.2, 0.25) is 0 Å². The van der Waals surface area contributed by atoms with Crippen LogP contribution in [0.5, 0.6) is 5.75 Å². The van der Waals surface area contributed by atoms with Crippen molar-refractivity contribution < 1.29 is 41.0 Å². The lowest BCUT2D eigenvalue weighted by molar-refractivity contribution is -0.305. The van der Waals surface area contributed by atoms with Crippen LogP contribution in [0.3, 0.4) is 0 Å². The van der Waals surface area contributed by atoms with Crippen molar-refractivity contribution in [1.82, 2.24) is 0 Å². The summed E-state index contributed by atoms with van der Waals surface area (Å²) in [6.07, 6.45) is -15.6. The highest BCUT2D eigenvalue weighted by Gasteiger charge is 2.59. The zero-order valence-corrected chi connectivity index (χ0v) is 8.92. The molecule has 0 saturated carbocycles. The summed E-state index contributed by atoms with van der Waals surface area (Å²) >= 11 is 0. The minimum Gasteiger partial charge on any atom is -0.478 e. The van der Waals surface area contributed by atoms with Gasteiger partial charge in [-0.15, -0.1) is 0 Å². The molecule has 1 N–H and O–H groups in total. The second-order valence-corrected chi connectivity index (χ2v) is 3.37. The smallest absolute Gasteiger partial charge is 0.439 e. The van der Waals surface area contributed by atoms with Gasteiger partial charge in [0.1, 0.15) is 11.3 Å². The minimum atomic E-state index is -5.83. The first-order valence-electron chi connectivity index (χ1n) is 4.65. The van der Waals surface area contributed by atoms with Crippen LogP contribution in [0.1, 0.15) is 10.4 Å². The van der Waals surface area contributed by atoms with Crippen molar-refractivity contribution in [3.63, 3.8) is 0 Å². The molecule has 0 saturated heterocycles. The van der Waals surface area contributed by atoms with Crippen molar-refractivity contribution in [1.29, 1.82) is 0 Å². The van der Waals surface area contributed by atoms with Gasteiger partial charge in [0, 0.05) is 0 Å². The average Bonchev–Trinajstić information content (AvgIpc) is 2.26. The predicted octanol–water partition coefficient (Wildman–Crippen LogP) is 3.26. The third kappa shape index (κ3) is 3.52. The molecule has 9 heteroatoms. The van der Waals surface area contributed by atoms with Gasteiger partial charge in [0.25, 0.3) is 6.17 Å². The summed E-state index contributed by atoms with van der Waals surface area (Å²) < 4.78 is 77.6. The molecule has 0 aliphatic heterocycles. The number of carboxylic acids is 1. The monoisotopic (exact) mass is 288 g/mol. The average molecular weight is 288 g/mol. The van der Waals surface area contributed by atoms with Gasteiger partial charge in [-0.05, 0) is 12.1 Å². The standard InChI is InChI=1S/C10H6F6O3/c11-8(9(12,13)14)10(15,16)19-6-4-2-1-3-5(6)7(17)18/h1-4,8H,(H,17,18). The molecule has 0 fully saturated rings. The summed E-state index contributed by atoms with van der Waals surface area (Å²) in [4.78, 5) is 10.6. The predicted molar refractivity (Wildman–Crippen MR) is 49.9 cm³/mol. The Morgan fingerprint density at radius 3 is 2.16 bits per heavy atom. The van der Waals surface area contributed by atoms with E-state index in [9.17, 15) is 31.1 Å². The van der Waals surface area contributed by atoms with Gasteiger partial charge in [-0.2, -0.15) is 22.0 Å². The number of alkyl halides is 6. The van der Waals surface area contributed by atoms with Gasteiger partial charge in [-0.3, -0.25) is 0 Å². The SMILES string of the molecule is O=C(O)c1ccccc1OC(F)(F)C(F)C(F)(F)F. The van der Waals surface area contributed by atoms with Crippen molar-refractivity contribution in [2.75, 3.05) is 0 Å². The van der Waals surface area contributed by atoms with Crippen LogP contribution in [0.4, 0.5) is 26.3 Å². The van der Waals surface area contributed by atoms with Gasteiger partial charge in [0.15, 0.2) is 0 Å². The molecule has 0 aromatic heterocycles. The summed E-state index contributed by atoms with van der Waals surface area (Å²) in [5, 5.41) is 8.62. The fourth-order valence-corrected chi connectivity index (χ4v) is 1.12. The zero-order chi connectivity index (χ0) is 14.8. The van der Waals surface area contributed by atoms with Gasteiger partial charge in [0.05, 0.1) is 0 Å². The molecule has 1 rings (SSSR count). The van der Waals surface area contributed by atoms with Gasteiger partial charge in [0.2, 0.25) is 0 Å². The molecule has 1 aromatic rings. The van der Waals surface area contributed by atoms with Crippen molar-refractivity contribution in [3.8, 4) is 5.75 Å². The first kappa shape index (κ1) is 15.1. The molecule has 106 valence electrons. The molecule has 0 heterocycles. The van der Waals surface area contributed by atoms with Crippen molar-refractivity contribution in [3.05, 3.63) is 29.8 Å². The maximum Gasteiger partial charge on any atom is 0.439 e. The number of halogens is 6. The number of para-hydroxylation sites is 1. The molecule has 1 unspecified atom stereocenters. The highest BCUT2D eigenvalue weighted by atomic mass is 19.4. The molecule has 3 nitrogen and oxygen atoms in total. The van der Waals surface area contributed by atoms with Gasteiger partial charge >= 0.3 is 18.3 Å². The molecular formula is C10H6F6O3. The summed E-state index contributed by atoms with van der Waals surface area (Å²) in [6, 6.07) is 3.72. The van der Waals surface area contributed by atoms with E-state index in [0.29, 0.717) is 6.07 Å². The Hall–Kier alpha value is -1.93. The van der Waals surface area contributed by atoms with Crippen molar-refractivity contribution in [2.24, 2.45) is 0 Å². The van der Waals surface area contributed by atoms with E-state index >= 15 is 0 Å². The second-order valence-electron chi connectivity index (χ2n) is 3.37. The van der Waals surface area contributed by atoms with Crippen LogP contribution >= 0.6 is 0 Å². The van der Waals surface area contributed by atoms with Gasteiger partial charge in [-0.1, -0.05) is 12.1 Å². The van der Waals surface area contributed by atoms with Crippen LogP contribution < -0.4 is 4.74 Å². The lowest BCUT2D eigenvalue weighted by Crippen LogP contribution is -2.45. The highest BCUT2D eigenvalue weighted by Crippen LogP contribution is 2.37. The van der Waals surface area contributed by atoms with E-state index in [1.54, 1.807) is 0 Å². The van der Waals surface area contributed by atoms with Gasteiger partial charge in [-0.25, -0.2) is 9.18 Å². The van der Waals surface area contributed by atoms with E-state index in [2.05, 4.69) is 4.74 Å². The molecule has 0 aliphatic carbocycles. The van der Waals surface area contributed by atoms with Gasteiger partial charge < -0.3 is 9.84 Å². The summed E-state index contributed by atoms with van der Waals surface area (Å²) in [6.45, 7) is 0. The number of carbonyl (C=O) groups is 1. The van der Waals surface area contributed by atoms with Crippen molar-refractivity contribution in [2.45, 2.75) is 18.5 Å². The normalized spacial score (nSPS) is 14.0. The zero-order valence-electron chi connectivity index (χ0n) is 8.92. The Bertz CT molecular complexity index is 471. The van der Waals surface area contributed by atoms with Crippen LogP contribution in [0, 0.1) is 0 Å². The molecule has 0 amide bonds. The number of rotatable bonds is 4. The van der Waals surface area contributed by atoms with Crippen LogP contribution in [-0.2, 0) is 0 Å². The number of ether oxygens (including phenoxy) is 1. The number of benzene rings is 1. The van der Waals surface area contributed by atoms with E-state index in [0.717, 1.165) is 18.2 Å². The maximum absolute atomic E-state index is 12.9. The summed E-state index contributed by atoms with van der Waals surface area (Å²) in [5.74, 6) is -2.76. The first-order valence-corrected chi connectivity index (χ1v) is 4.65. The highest BCUT2D eigenvalue weighted by molar-refractivity contribution is 5.90. The fraction of sp³-hybridized carbons (Fsp3) is 0.300. The van der Waals surface area contributed by atoms with Crippen molar-refractivity contribution >= 4 is 5.97 Å². The Kier molecular flexibility index (Phi) is 3.97. The number of aromatic carboxylic acids is 1. The van der Waals surface area contributed by atoms with E-state index in [1.807, 2.05) is 0 Å². The minimum absolute atomic E-state index is 0.695. The van der Waals surface area contributed by atoms with E-state index < -0.39 is 35.7 Å². The Labute approximate surface area is 102 Å². The lowest BCUT2D eigenvalue weighted by atomic mass is 10.2. The molecular weight excluding hydrogens is 282 g/mol. The second kappa shape index (κ2) is 4.98. The molecule has 0 aliphatic rings. The number of carboxylic acid groups (broad SMARTS) is 1. The third-order valence-corrected chi connectivity index (χ3v) is 1.95. The first-order chi connectivity index (χ1) is 8.55. The Morgan fingerprint density at radius 1 is 1.16 bits per heavy atom. The van der Waals surface area contributed by atoms with Crippen LogP contribution in [0.25, 0.3) is 0 Å². The maximum atomic E-state index is 12.9. The summed E-state index contributed by atoms with van der Waals surface area (Å²) in [5.41, 5.74) is -0.809. The van der Waals surface area contributed by atoms with E-state index in [4.69, 9.17) is 5.11 Å². The van der Waals surface area contributed by atoms with Crippen LogP contribution in [0.15, 0.2) is 24.3 Å². The third-order valence-electron chi connectivity index (χ3n) is 1.95. The molecule has 1 atom stereocenters. The molecule has 0 bridgehead atoms. The number of hydrogen-bond acceptors (Lipinski definition) is 2. The quantitative estimate of drug-likeness (QED) is 0.865. The number of hydrogen-bond donors (Lipinski definition) is 1. The Balaban J connectivity index is 3.05. The molecule has 19 heavy (non-hydrogen) atoms. The van der Waals surface area contributed by atoms with E-state index in [1.165, 1.54) is 0 Å². The Morgan fingerprint density at radius 2 is 1.68 bits per heavy atom.